The van der Waals surface area contributed by atoms with Gasteiger partial charge >= 0.3 is 0 Å². The largest absolute Gasteiger partial charge is 0.378 e. The molecule has 2 aliphatic heterocycles. The van der Waals surface area contributed by atoms with E-state index < -0.39 is 0 Å². The van der Waals surface area contributed by atoms with Crippen molar-refractivity contribution in [1.29, 1.82) is 15.8 Å². The maximum absolute atomic E-state index is 9.08. The topological polar surface area (TPSA) is 99.1 Å². The second-order valence-corrected chi connectivity index (χ2v) is 5.97. The second-order valence-electron chi connectivity index (χ2n) is 5.97. The number of nitrogens with one attached hydrogen (secondary N) is 1. The zero-order valence-electron chi connectivity index (χ0n) is 13.8. The summed E-state index contributed by atoms with van der Waals surface area (Å²) in [6.07, 6.45) is 0. The molecule has 7 nitrogen and oxygen atoms in total. The van der Waals surface area contributed by atoms with Crippen LogP contribution >= 0.6 is 0 Å². The van der Waals surface area contributed by atoms with Crippen LogP contribution in [0.1, 0.15) is 0 Å². The molecule has 0 unspecified atom stereocenters. The van der Waals surface area contributed by atoms with Crippen molar-refractivity contribution in [3.63, 3.8) is 0 Å². The van der Waals surface area contributed by atoms with Gasteiger partial charge in [-0.25, -0.2) is 0 Å². The van der Waals surface area contributed by atoms with E-state index in [4.69, 9.17) is 20.5 Å². The predicted octanol–water partition coefficient (Wildman–Crippen LogP) is 1.44. The van der Waals surface area contributed by atoms with Gasteiger partial charge in [0, 0.05) is 37.6 Å². The van der Waals surface area contributed by atoms with E-state index in [1.54, 1.807) is 12.1 Å². The van der Waals surface area contributed by atoms with E-state index in [-0.39, 0.29) is 11.3 Å². The molecule has 1 aromatic carbocycles. The van der Waals surface area contributed by atoms with E-state index in [1.807, 2.05) is 30.3 Å². The lowest BCUT2D eigenvalue weighted by Gasteiger charge is -2.43. The molecule has 0 saturated carbocycles. The number of nitrogens with zero attached hydrogens (tertiary/aromatic N) is 5. The molecule has 0 bridgehead atoms. The third-order valence-corrected chi connectivity index (χ3v) is 4.54. The Kier molecular flexibility index (Phi) is 5.16. The van der Waals surface area contributed by atoms with E-state index >= 15 is 0 Å². The van der Waals surface area contributed by atoms with Crippen LogP contribution in [0.4, 0.5) is 11.4 Å². The van der Waals surface area contributed by atoms with Crippen molar-refractivity contribution in [3.8, 4) is 18.2 Å². The Balaban J connectivity index is 1.61. The quantitative estimate of drug-likeness (QED) is 0.832. The molecule has 0 radical (unpaired) electrons. The van der Waals surface area contributed by atoms with Crippen LogP contribution in [0.2, 0.25) is 0 Å². The molecule has 1 N–H and O–H groups in total. The Labute approximate surface area is 146 Å². The molecule has 0 amide bonds. The van der Waals surface area contributed by atoms with Crippen LogP contribution in [-0.2, 0) is 4.74 Å². The minimum absolute atomic E-state index is 0.0333. The summed E-state index contributed by atoms with van der Waals surface area (Å²) in [4.78, 5) is 4.81. The molecule has 3 rings (SSSR count). The first-order valence-corrected chi connectivity index (χ1v) is 8.13. The fourth-order valence-corrected chi connectivity index (χ4v) is 2.96. The monoisotopic (exact) mass is 334 g/mol. The lowest BCUT2D eigenvalue weighted by molar-refractivity contribution is -0.0660. The van der Waals surface area contributed by atoms with E-state index in [2.05, 4.69) is 15.1 Å². The summed E-state index contributed by atoms with van der Waals surface area (Å²) < 4.78 is 5.26. The number of rotatable bonds is 4. The summed E-state index contributed by atoms with van der Waals surface area (Å²) in [5.41, 5.74) is 1.55. The molecule has 25 heavy (non-hydrogen) atoms. The third kappa shape index (κ3) is 3.72. The van der Waals surface area contributed by atoms with Crippen molar-refractivity contribution in [2.24, 2.45) is 0 Å². The molecule has 2 saturated heterocycles. The molecular weight excluding hydrogens is 316 g/mol. The number of nitriles is 3. The number of hydrogen-bond acceptors (Lipinski definition) is 7. The molecule has 2 heterocycles. The van der Waals surface area contributed by atoms with Gasteiger partial charge in [-0.1, -0.05) is 0 Å². The zero-order chi connectivity index (χ0) is 17.6. The lowest BCUT2D eigenvalue weighted by Crippen LogP contribution is -2.56. The highest BCUT2D eigenvalue weighted by Crippen LogP contribution is 2.22. The number of anilines is 2. The number of benzene rings is 1. The van der Waals surface area contributed by atoms with Crippen LogP contribution < -0.4 is 10.2 Å². The van der Waals surface area contributed by atoms with Crippen LogP contribution in [0.3, 0.4) is 0 Å². The van der Waals surface area contributed by atoms with Crippen molar-refractivity contribution < 1.29 is 4.74 Å². The maximum atomic E-state index is 9.08. The molecule has 1 aromatic rings. The van der Waals surface area contributed by atoms with Gasteiger partial charge in [0.25, 0.3) is 0 Å². The molecule has 7 heteroatoms. The molecule has 2 aliphatic rings. The van der Waals surface area contributed by atoms with Crippen LogP contribution in [0, 0.1) is 34.0 Å². The molecule has 0 aromatic heterocycles. The summed E-state index contributed by atoms with van der Waals surface area (Å²) in [6.45, 7) is 5.70. The van der Waals surface area contributed by atoms with Crippen molar-refractivity contribution >= 4 is 11.4 Å². The average molecular weight is 334 g/mol. The summed E-state index contributed by atoms with van der Waals surface area (Å²) in [5, 5.41) is 29.6. The van der Waals surface area contributed by atoms with Crippen LogP contribution in [0.25, 0.3) is 0 Å². The van der Waals surface area contributed by atoms with Gasteiger partial charge in [-0.2, -0.15) is 15.8 Å². The lowest BCUT2D eigenvalue weighted by atomic mass is 10.1. The molecule has 2 fully saturated rings. The standard InChI is InChI=1S/C18H18N6O/c19-9-14(10-20)18(11-21)22-15-1-3-16(4-2-15)23-5-7-24(8-6-23)17-12-25-13-17/h1-4,17,22H,5-8,12-13H2. The highest BCUT2D eigenvalue weighted by Gasteiger charge is 2.28. The molecule has 0 spiro atoms. The summed E-state index contributed by atoms with van der Waals surface area (Å²) in [7, 11) is 0. The zero-order valence-corrected chi connectivity index (χ0v) is 13.8. The highest BCUT2D eigenvalue weighted by molar-refractivity contribution is 5.61. The highest BCUT2D eigenvalue weighted by atomic mass is 16.5. The summed E-state index contributed by atoms with van der Waals surface area (Å²) >= 11 is 0. The maximum Gasteiger partial charge on any atom is 0.163 e. The summed E-state index contributed by atoms with van der Waals surface area (Å²) in [5.74, 6) is 0. The number of hydrogen-bond donors (Lipinski definition) is 1. The third-order valence-electron chi connectivity index (χ3n) is 4.54. The van der Waals surface area contributed by atoms with Crippen molar-refractivity contribution in [3.05, 3.63) is 35.5 Å². The number of allylic oxidation sites excluding steroid dienone is 2. The van der Waals surface area contributed by atoms with Crippen molar-refractivity contribution in [2.75, 3.05) is 49.6 Å². The van der Waals surface area contributed by atoms with E-state index in [9.17, 15) is 0 Å². The summed E-state index contributed by atoms with van der Waals surface area (Å²) in [6, 6.07) is 13.6. The minimum Gasteiger partial charge on any atom is -0.378 e. The van der Waals surface area contributed by atoms with Gasteiger partial charge in [0.1, 0.15) is 23.9 Å². The van der Waals surface area contributed by atoms with Gasteiger partial charge < -0.3 is 15.0 Å². The van der Waals surface area contributed by atoms with Crippen LogP contribution in [0.15, 0.2) is 35.5 Å². The van der Waals surface area contributed by atoms with Gasteiger partial charge in [0.2, 0.25) is 0 Å². The number of ether oxygens (including phenoxy) is 1. The Morgan fingerprint density at radius 1 is 0.960 bits per heavy atom. The Morgan fingerprint density at radius 3 is 2.08 bits per heavy atom. The molecular formula is C18H18N6O. The number of piperazine rings is 1. The fourth-order valence-electron chi connectivity index (χ4n) is 2.96. The van der Waals surface area contributed by atoms with Gasteiger partial charge in [-0.05, 0) is 24.3 Å². The van der Waals surface area contributed by atoms with Crippen molar-refractivity contribution in [2.45, 2.75) is 6.04 Å². The average Bonchev–Trinajstić information content (AvgIpc) is 2.61. The normalized spacial score (nSPS) is 17.6. The molecule has 0 aliphatic carbocycles. The van der Waals surface area contributed by atoms with Crippen molar-refractivity contribution in [1.82, 2.24) is 4.90 Å². The van der Waals surface area contributed by atoms with E-state index in [1.165, 1.54) is 0 Å². The predicted molar refractivity (Wildman–Crippen MR) is 92.3 cm³/mol. The Hall–Kier alpha value is -3.05. The second kappa shape index (κ2) is 7.68. The van der Waals surface area contributed by atoms with Gasteiger partial charge in [0.05, 0.1) is 19.3 Å². The first kappa shape index (κ1) is 16.8. The Morgan fingerprint density at radius 2 is 1.60 bits per heavy atom. The Bertz CT molecular complexity index is 752. The smallest absolute Gasteiger partial charge is 0.163 e. The van der Waals surface area contributed by atoms with Gasteiger partial charge in [0.15, 0.2) is 5.57 Å². The molecule has 126 valence electrons. The van der Waals surface area contributed by atoms with Crippen LogP contribution in [0.5, 0.6) is 0 Å². The minimum atomic E-state index is -0.220. The van der Waals surface area contributed by atoms with E-state index in [0.29, 0.717) is 11.7 Å². The van der Waals surface area contributed by atoms with Gasteiger partial charge in [-0.3, -0.25) is 4.90 Å². The van der Waals surface area contributed by atoms with Gasteiger partial charge in [-0.15, -0.1) is 0 Å². The first-order valence-electron chi connectivity index (χ1n) is 8.13. The SMILES string of the molecule is N#CC(C#N)=C(C#N)Nc1ccc(N2CCN(C3COC3)CC2)cc1. The molecule has 0 atom stereocenters. The fraction of sp³-hybridized carbons (Fsp3) is 0.389. The first-order chi connectivity index (χ1) is 12.2. The van der Waals surface area contributed by atoms with E-state index in [0.717, 1.165) is 45.1 Å². The van der Waals surface area contributed by atoms with Crippen LogP contribution in [-0.4, -0.2) is 50.3 Å².